The molecule has 0 heterocycles. The summed E-state index contributed by atoms with van der Waals surface area (Å²) < 4.78 is 68.2. The van der Waals surface area contributed by atoms with Crippen LogP contribution in [0.15, 0.2) is 0 Å². The molecule has 0 radical (unpaired) electrons. The predicted octanol–water partition coefficient (Wildman–Crippen LogP) is 21.1. The van der Waals surface area contributed by atoms with Crippen molar-refractivity contribution in [1.29, 1.82) is 0 Å². The summed E-state index contributed by atoms with van der Waals surface area (Å²) in [6.07, 6.45) is 55.8. The van der Waals surface area contributed by atoms with Crippen LogP contribution in [0.1, 0.15) is 381 Å². The third kappa shape index (κ3) is 66.5. The van der Waals surface area contributed by atoms with Gasteiger partial charge in [0, 0.05) is 25.7 Å². The van der Waals surface area contributed by atoms with E-state index in [0.717, 1.165) is 96.3 Å². The number of ether oxygens (including phenoxy) is 4. The fourth-order valence-corrected chi connectivity index (χ4v) is 12.6. The monoisotopic (exact) mass is 1340 g/mol. The second kappa shape index (κ2) is 66.7. The number of hydrogen-bond donors (Lipinski definition) is 3. The van der Waals surface area contributed by atoms with E-state index in [-0.39, 0.29) is 25.7 Å². The highest BCUT2D eigenvalue weighted by molar-refractivity contribution is 7.47. The van der Waals surface area contributed by atoms with Crippen LogP contribution in [0.4, 0.5) is 0 Å². The smallest absolute Gasteiger partial charge is 0.462 e. The summed E-state index contributed by atoms with van der Waals surface area (Å²) in [5.41, 5.74) is 0. The largest absolute Gasteiger partial charge is 0.472 e. The molecule has 0 bridgehead atoms. The number of rotatable bonds is 73. The first kappa shape index (κ1) is 89.1. The predicted molar refractivity (Wildman–Crippen MR) is 368 cm³/mol. The van der Waals surface area contributed by atoms with Crippen LogP contribution < -0.4 is 0 Å². The molecular weight excluding hydrogens is 1200 g/mol. The molecule has 0 aliphatic heterocycles. The van der Waals surface area contributed by atoms with Crippen molar-refractivity contribution < 1.29 is 80.2 Å². The van der Waals surface area contributed by atoms with Gasteiger partial charge in [0.15, 0.2) is 12.2 Å². The molecule has 0 aliphatic carbocycles. The van der Waals surface area contributed by atoms with Crippen molar-refractivity contribution >= 4 is 39.5 Å². The summed E-state index contributed by atoms with van der Waals surface area (Å²) in [5.74, 6) is -2.13. The maximum atomic E-state index is 13.0. The van der Waals surface area contributed by atoms with E-state index in [1.807, 2.05) is 0 Å². The lowest BCUT2D eigenvalue weighted by atomic mass is 10.0. The van der Waals surface area contributed by atoms with E-state index < -0.39 is 97.5 Å². The first-order chi connectivity index (χ1) is 44.2. The molecule has 0 aromatic heterocycles. The Morgan fingerprint density at radius 1 is 0.264 bits per heavy atom. The van der Waals surface area contributed by atoms with Gasteiger partial charge in [0.25, 0.3) is 0 Å². The van der Waals surface area contributed by atoms with Crippen molar-refractivity contribution in [2.45, 2.75) is 399 Å². The topological polar surface area (TPSA) is 237 Å². The number of aliphatic hydroxyl groups is 1. The van der Waals surface area contributed by atoms with E-state index in [1.165, 1.54) is 205 Å². The lowest BCUT2D eigenvalue weighted by Gasteiger charge is -2.21. The highest BCUT2D eigenvalue weighted by Crippen LogP contribution is 2.45. The zero-order valence-corrected chi connectivity index (χ0v) is 60.6. The molecule has 0 aromatic rings. The first-order valence-electron chi connectivity index (χ1n) is 37.8. The quantitative estimate of drug-likeness (QED) is 0.0222. The van der Waals surface area contributed by atoms with Gasteiger partial charge in [0.1, 0.15) is 19.3 Å². The summed E-state index contributed by atoms with van der Waals surface area (Å²) >= 11 is 0. The minimum absolute atomic E-state index is 0.108. The van der Waals surface area contributed by atoms with Gasteiger partial charge in [-0.1, -0.05) is 329 Å². The molecule has 0 rings (SSSR count). The zero-order chi connectivity index (χ0) is 66.8. The van der Waals surface area contributed by atoms with Crippen LogP contribution in [0, 0.1) is 0 Å². The van der Waals surface area contributed by atoms with Gasteiger partial charge in [-0.25, -0.2) is 9.13 Å². The van der Waals surface area contributed by atoms with E-state index in [9.17, 15) is 43.2 Å². The van der Waals surface area contributed by atoms with Crippen molar-refractivity contribution in [1.82, 2.24) is 0 Å². The maximum absolute atomic E-state index is 13.0. The van der Waals surface area contributed by atoms with Crippen LogP contribution >= 0.6 is 15.6 Å². The third-order valence-electron chi connectivity index (χ3n) is 16.9. The van der Waals surface area contributed by atoms with Crippen LogP contribution in [-0.2, 0) is 65.4 Å². The van der Waals surface area contributed by atoms with Crippen LogP contribution in [-0.4, -0.2) is 96.7 Å². The molecule has 0 fully saturated rings. The molecule has 2 unspecified atom stereocenters. The Morgan fingerprint density at radius 3 is 0.648 bits per heavy atom. The molecule has 0 aliphatic rings. The van der Waals surface area contributed by atoms with Crippen molar-refractivity contribution in [3.05, 3.63) is 0 Å². The number of esters is 4. The molecule has 17 nitrogen and oxygen atoms in total. The van der Waals surface area contributed by atoms with Gasteiger partial charge in [-0.05, 0) is 25.7 Å². The SMILES string of the molecule is CCCCCCCCCCCCCCCCCCC(=O)O[C@H](COC(=O)CCCCCCCCCCCCCCCCC)COP(=O)(O)OC[C@@H](O)COP(=O)(O)OC[C@@H](COC(=O)CCCCCCC)OC(=O)CCCCCCCCCCCCCCCCC. The van der Waals surface area contributed by atoms with Crippen molar-refractivity contribution in [2.75, 3.05) is 39.6 Å². The van der Waals surface area contributed by atoms with E-state index >= 15 is 0 Å². The standard InChI is InChI=1S/C72H140O17P2/c1-5-9-13-17-20-23-26-29-32-35-38-41-44-47-51-55-59-72(77)89-68(63-83-70(75)57-53-49-45-42-39-36-33-30-27-24-21-18-14-10-6-2)65-87-91(80,81)85-61-66(73)60-84-90(78,79)86-64-67(62-82-69(74)56-52-48-16-12-8-4)88-71(76)58-54-50-46-43-40-37-34-31-28-25-22-19-15-11-7-3/h66-68,73H,5-65H2,1-4H3,(H,78,79)(H,80,81)/t66-,67+,68+/m0/s1. The lowest BCUT2D eigenvalue weighted by Crippen LogP contribution is -2.30. The molecule has 91 heavy (non-hydrogen) atoms. The molecule has 0 amide bonds. The average molecular weight is 1340 g/mol. The number of phosphoric acid groups is 2. The fourth-order valence-electron chi connectivity index (χ4n) is 11.0. The molecule has 0 saturated heterocycles. The van der Waals surface area contributed by atoms with Crippen LogP contribution in [0.25, 0.3) is 0 Å². The molecule has 0 spiro atoms. The molecular formula is C72H140O17P2. The minimum atomic E-state index is -4.95. The normalized spacial score (nSPS) is 14.0. The van der Waals surface area contributed by atoms with Crippen LogP contribution in [0.2, 0.25) is 0 Å². The first-order valence-corrected chi connectivity index (χ1v) is 40.8. The van der Waals surface area contributed by atoms with Crippen molar-refractivity contribution in [2.24, 2.45) is 0 Å². The Labute approximate surface area is 556 Å². The van der Waals surface area contributed by atoms with E-state index in [0.29, 0.717) is 25.7 Å². The van der Waals surface area contributed by atoms with Gasteiger partial charge in [-0.15, -0.1) is 0 Å². The highest BCUT2D eigenvalue weighted by Gasteiger charge is 2.30. The van der Waals surface area contributed by atoms with Crippen LogP contribution in [0.3, 0.4) is 0 Å². The molecule has 0 aromatic carbocycles. The Morgan fingerprint density at radius 2 is 0.440 bits per heavy atom. The number of phosphoric ester groups is 2. The summed E-state index contributed by atoms with van der Waals surface area (Å²) in [4.78, 5) is 72.4. The van der Waals surface area contributed by atoms with Crippen LogP contribution in [0.5, 0.6) is 0 Å². The number of aliphatic hydroxyl groups excluding tert-OH is 1. The molecule has 0 saturated carbocycles. The lowest BCUT2D eigenvalue weighted by molar-refractivity contribution is -0.161. The number of hydrogen-bond acceptors (Lipinski definition) is 15. The zero-order valence-electron chi connectivity index (χ0n) is 58.8. The average Bonchev–Trinajstić information content (AvgIpc) is 2.46. The van der Waals surface area contributed by atoms with Crippen molar-refractivity contribution in [3.8, 4) is 0 Å². The Bertz CT molecular complexity index is 1740. The van der Waals surface area contributed by atoms with E-state index in [2.05, 4.69) is 27.7 Å². The van der Waals surface area contributed by atoms with Gasteiger partial charge >= 0.3 is 39.5 Å². The number of carbonyl (C=O) groups is 4. The van der Waals surface area contributed by atoms with Gasteiger partial charge in [0.2, 0.25) is 0 Å². The molecule has 540 valence electrons. The van der Waals surface area contributed by atoms with Gasteiger partial charge in [0.05, 0.1) is 26.4 Å². The van der Waals surface area contributed by atoms with Gasteiger partial charge < -0.3 is 33.8 Å². The third-order valence-corrected chi connectivity index (χ3v) is 18.8. The minimum Gasteiger partial charge on any atom is -0.462 e. The summed E-state index contributed by atoms with van der Waals surface area (Å²) in [6, 6.07) is 0. The maximum Gasteiger partial charge on any atom is 0.472 e. The second-order valence-corrected chi connectivity index (χ2v) is 28.9. The Balaban J connectivity index is 5.14. The highest BCUT2D eigenvalue weighted by atomic mass is 31.2. The summed E-state index contributed by atoms with van der Waals surface area (Å²) in [5, 5.41) is 10.6. The number of unbranched alkanes of at least 4 members (excludes halogenated alkanes) is 47. The Kier molecular flexibility index (Phi) is 65.2. The second-order valence-electron chi connectivity index (χ2n) is 26.0. The van der Waals surface area contributed by atoms with Gasteiger partial charge in [-0.2, -0.15) is 0 Å². The van der Waals surface area contributed by atoms with Gasteiger partial charge in [-0.3, -0.25) is 37.3 Å². The molecule has 5 atom stereocenters. The fraction of sp³-hybridized carbons (Fsp3) is 0.944. The van der Waals surface area contributed by atoms with Crippen molar-refractivity contribution in [3.63, 3.8) is 0 Å². The van der Waals surface area contributed by atoms with E-state index in [1.54, 1.807) is 0 Å². The van der Waals surface area contributed by atoms with E-state index in [4.69, 9.17) is 37.0 Å². The molecule has 19 heteroatoms. The summed E-state index contributed by atoms with van der Waals surface area (Å²) in [7, 11) is -9.89. The summed E-state index contributed by atoms with van der Waals surface area (Å²) in [6.45, 7) is 4.89. The number of carbonyl (C=O) groups excluding carboxylic acids is 4. The molecule has 3 N–H and O–H groups in total. The Hall–Kier alpha value is -1.94.